The first-order valence-electron chi connectivity index (χ1n) is 12.5. The fraction of sp³-hybridized carbons (Fsp3) is 0.0645. The number of aromatic amines is 1. The molecule has 0 saturated heterocycles. The van der Waals surface area contributed by atoms with Gasteiger partial charge in [-0.15, -0.1) is 0 Å². The van der Waals surface area contributed by atoms with E-state index in [0.29, 0.717) is 27.7 Å². The number of aromatic nitrogens is 1. The number of nitrogens with one attached hydrogen (secondary N) is 2. The Balaban J connectivity index is 1.35. The van der Waals surface area contributed by atoms with Crippen molar-refractivity contribution in [3.63, 3.8) is 0 Å². The number of nitrogens with zero attached hydrogens (tertiary/aromatic N) is 1. The van der Waals surface area contributed by atoms with E-state index in [-0.39, 0.29) is 22.8 Å². The molecule has 0 spiro atoms. The maximum atomic E-state index is 13.3. The Morgan fingerprint density at radius 2 is 1.74 bits per heavy atom. The Bertz CT molecular complexity index is 1870. The van der Waals surface area contributed by atoms with Crippen LogP contribution in [0.2, 0.25) is 5.02 Å². The number of benzene rings is 4. The second kappa shape index (κ2) is 12.3. The summed E-state index contributed by atoms with van der Waals surface area (Å²) < 4.78 is 50.4. The van der Waals surface area contributed by atoms with E-state index in [0.717, 1.165) is 27.6 Å². The van der Waals surface area contributed by atoms with Crippen LogP contribution in [0.3, 0.4) is 0 Å². The van der Waals surface area contributed by atoms with Crippen LogP contribution in [0.15, 0.2) is 94.5 Å². The molecule has 43 heavy (non-hydrogen) atoms. The second-order valence-electron chi connectivity index (χ2n) is 9.13. The number of alkyl halides is 3. The lowest BCUT2D eigenvalue weighted by Gasteiger charge is -2.11. The zero-order valence-corrected chi connectivity index (χ0v) is 24.5. The largest absolute Gasteiger partial charge is 0.493 e. The number of carbonyl (C=O) groups is 2. The number of fused-ring (bicyclic) bond motifs is 1. The minimum atomic E-state index is -4.61. The summed E-state index contributed by atoms with van der Waals surface area (Å²) in [5.41, 5.74) is 4.04. The van der Waals surface area contributed by atoms with Gasteiger partial charge < -0.3 is 14.5 Å². The van der Waals surface area contributed by atoms with Crippen LogP contribution in [-0.4, -0.2) is 30.2 Å². The number of halogens is 5. The smallest absolute Gasteiger partial charge is 0.416 e. The van der Waals surface area contributed by atoms with Crippen LogP contribution in [0.4, 0.5) is 13.2 Å². The highest BCUT2D eigenvalue weighted by Gasteiger charge is 2.31. The van der Waals surface area contributed by atoms with Gasteiger partial charge in [0.1, 0.15) is 5.69 Å². The lowest BCUT2D eigenvalue weighted by Crippen LogP contribution is -2.18. The zero-order valence-electron chi connectivity index (χ0n) is 22.1. The number of H-pyrrole nitrogens is 1. The highest BCUT2D eigenvalue weighted by Crippen LogP contribution is 2.38. The van der Waals surface area contributed by atoms with Crippen LogP contribution < -0.4 is 14.9 Å². The Kier molecular flexibility index (Phi) is 8.56. The molecule has 0 aliphatic carbocycles. The number of carbonyl (C=O) groups excluding carboxylic acids is 2. The minimum absolute atomic E-state index is 0.0142. The van der Waals surface area contributed by atoms with Gasteiger partial charge in [-0.05, 0) is 59.7 Å². The molecule has 0 unspecified atom stereocenters. The van der Waals surface area contributed by atoms with Crippen LogP contribution in [0, 0.1) is 0 Å². The summed E-state index contributed by atoms with van der Waals surface area (Å²) in [4.78, 5) is 28.9. The quantitative estimate of drug-likeness (QED) is 0.0790. The van der Waals surface area contributed by atoms with Gasteiger partial charge in [-0.3, -0.25) is 4.79 Å². The molecule has 7 nitrogen and oxygen atoms in total. The average molecular weight is 671 g/mol. The van der Waals surface area contributed by atoms with Crippen LogP contribution in [0.5, 0.6) is 11.5 Å². The van der Waals surface area contributed by atoms with E-state index in [4.69, 9.17) is 21.1 Å². The minimum Gasteiger partial charge on any atom is -0.493 e. The molecule has 0 fully saturated rings. The fourth-order valence-electron chi connectivity index (χ4n) is 4.35. The van der Waals surface area contributed by atoms with Crippen molar-refractivity contribution >= 4 is 56.5 Å². The van der Waals surface area contributed by atoms with Gasteiger partial charge in [-0.2, -0.15) is 18.3 Å². The molecule has 5 rings (SSSR count). The molecule has 5 aromatic rings. The van der Waals surface area contributed by atoms with E-state index in [1.165, 1.54) is 37.6 Å². The molecule has 2 N–H and O–H groups in total. The SMILES string of the molecule is COc1cc(C=NNC(=O)c2[nH]c3c(Cl)cc(Br)cc3c2-c2ccccc2)ccc1OC(=O)c1cccc(C(F)(F)F)c1. The predicted octanol–water partition coefficient (Wildman–Crippen LogP) is 8.26. The summed E-state index contributed by atoms with van der Waals surface area (Å²) in [6, 6.07) is 21.3. The Hall–Kier alpha value is -4.61. The standard InChI is InChI=1S/C31H20BrClF3N3O4/c1-42-25-12-17(10-11-24(25)43-30(41)19-8-5-9-20(13-19)31(34,35)36)16-37-39-29(40)28-26(18-6-3-2-4-7-18)22-14-21(32)15-23(33)27(22)38-28/h2-16,38H,1H3,(H,39,40). The number of hydrogen-bond donors (Lipinski definition) is 2. The predicted molar refractivity (Wildman–Crippen MR) is 161 cm³/mol. The first kappa shape index (κ1) is 29.9. The number of rotatable bonds is 7. The Morgan fingerprint density at radius 3 is 2.47 bits per heavy atom. The normalized spacial score (nSPS) is 11.6. The molecule has 1 aromatic heterocycles. The fourth-order valence-corrected chi connectivity index (χ4v) is 5.20. The zero-order chi connectivity index (χ0) is 30.7. The van der Waals surface area contributed by atoms with E-state index in [9.17, 15) is 22.8 Å². The molecular weight excluding hydrogens is 651 g/mol. The van der Waals surface area contributed by atoms with Crippen molar-refractivity contribution in [2.24, 2.45) is 5.10 Å². The second-order valence-corrected chi connectivity index (χ2v) is 10.5. The topological polar surface area (TPSA) is 92.8 Å². The van der Waals surface area contributed by atoms with Gasteiger partial charge in [0.2, 0.25) is 0 Å². The van der Waals surface area contributed by atoms with Gasteiger partial charge in [0.25, 0.3) is 5.91 Å². The first-order chi connectivity index (χ1) is 20.5. The molecule has 218 valence electrons. The monoisotopic (exact) mass is 669 g/mol. The third-order valence-corrected chi connectivity index (χ3v) is 7.07. The van der Waals surface area contributed by atoms with Crippen molar-refractivity contribution in [2.75, 3.05) is 7.11 Å². The molecule has 0 radical (unpaired) electrons. The number of methoxy groups -OCH3 is 1. The van der Waals surface area contributed by atoms with Gasteiger partial charge >= 0.3 is 12.1 Å². The molecule has 0 aliphatic rings. The van der Waals surface area contributed by atoms with Crippen molar-refractivity contribution in [1.29, 1.82) is 0 Å². The number of amides is 1. The molecule has 0 bridgehead atoms. The van der Waals surface area contributed by atoms with E-state index in [2.05, 4.69) is 31.4 Å². The molecule has 1 amide bonds. The van der Waals surface area contributed by atoms with Gasteiger partial charge in [-0.25, -0.2) is 10.2 Å². The number of esters is 1. The molecular formula is C31H20BrClF3N3O4. The Morgan fingerprint density at radius 1 is 0.977 bits per heavy atom. The summed E-state index contributed by atoms with van der Waals surface area (Å²) in [6.07, 6.45) is -3.25. The van der Waals surface area contributed by atoms with Crippen molar-refractivity contribution in [3.8, 4) is 22.6 Å². The molecule has 0 aliphatic heterocycles. The van der Waals surface area contributed by atoms with Crippen LogP contribution in [-0.2, 0) is 6.18 Å². The molecule has 0 saturated carbocycles. The molecule has 1 heterocycles. The van der Waals surface area contributed by atoms with E-state index < -0.39 is 23.6 Å². The average Bonchev–Trinajstić information content (AvgIpc) is 3.37. The maximum Gasteiger partial charge on any atom is 0.416 e. The van der Waals surface area contributed by atoms with E-state index in [1.54, 1.807) is 6.07 Å². The third kappa shape index (κ3) is 6.58. The summed E-state index contributed by atoms with van der Waals surface area (Å²) >= 11 is 9.90. The lowest BCUT2D eigenvalue weighted by molar-refractivity contribution is -0.137. The first-order valence-corrected chi connectivity index (χ1v) is 13.7. The van der Waals surface area contributed by atoms with Crippen molar-refractivity contribution in [3.05, 3.63) is 117 Å². The van der Waals surface area contributed by atoms with E-state index in [1.807, 2.05) is 36.4 Å². The van der Waals surface area contributed by atoms with Crippen molar-refractivity contribution in [1.82, 2.24) is 10.4 Å². The third-order valence-electron chi connectivity index (χ3n) is 6.31. The number of ether oxygens (including phenoxy) is 2. The highest BCUT2D eigenvalue weighted by molar-refractivity contribution is 9.10. The van der Waals surface area contributed by atoms with Gasteiger partial charge in [-0.1, -0.05) is 63.9 Å². The number of hydrogen-bond acceptors (Lipinski definition) is 5. The van der Waals surface area contributed by atoms with E-state index >= 15 is 0 Å². The Labute approximate surface area is 256 Å². The van der Waals surface area contributed by atoms with Crippen molar-refractivity contribution in [2.45, 2.75) is 6.18 Å². The van der Waals surface area contributed by atoms with Gasteiger partial charge in [0.05, 0.1) is 35.0 Å². The van der Waals surface area contributed by atoms with Crippen LogP contribution in [0.25, 0.3) is 22.0 Å². The summed E-state index contributed by atoms with van der Waals surface area (Å²) in [5.74, 6) is -1.40. The number of hydrazone groups is 1. The molecule has 0 atom stereocenters. The highest BCUT2D eigenvalue weighted by atomic mass is 79.9. The lowest BCUT2D eigenvalue weighted by atomic mass is 10.0. The summed E-state index contributed by atoms with van der Waals surface area (Å²) in [7, 11) is 1.34. The van der Waals surface area contributed by atoms with Crippen LogP contribution in [0.1, 0.15) is 32.0 Å². The van der Waals surface area contributed by atoms with Crippen LogP contribution >= 0.6 is 27.5 Å². The van der Waals surface area contributed by atoms with Crippen molar-refractivity contribution < 1.29 is 32.2 Å². The molecule has 4 aromatic carbocycles. The maximum absolute atomic E-state index is 13.3. The summed E-state index contributed by atoms with van der Waals surface area (Å²) in [5, 5.41) is 5.24. The summed E-state index contributed by atoms with van der Waals surface area (Å²) in [6.45, 7) is 0. The van der Waals surface area contributed by atoms with Gasteiger partial charge in [0.15, 0.2) is 11.5 Å². The molecule has 12 heteroatoms. The van der Waals surface area contributed by atoms with Gasteiger partial charge in [0, 0.05) is 15.4 Å².